The van der Waals surface area contributed by atoms with Crippen LogP contribution in [-0.4, -0.2) is 5.11 Å². The van der Waals surface area contributed by atoms with Crippen molar-refractivity contribution in [3.05, 3.63) is 65.9 Å². The maximum absolute atomic E-state index is 8.79. The Bertz CT molecular complexity index is 550. The number of para-hydroxylation sites is 2. The van der Waals surface area contributed by atoms with Gasteiger partial charge in [-0.2, -0.15) is 0 Å². The van der Waals surface area contributed by atoms with E-state index in [0.29, 0.717) is 5.02 Å². The Morgan fingerprint density at radius 3 is 2.24 bits per heavy atom. The van der Waals surface area contributed by atoms with Gasteiger partial charge in [-0.05, 0) is 24.3 Å². The Morgan fingerprint density at radius 1 is 0.882 bits per heavy atom. The molecule has 0 fully saturated rings. The van der Waals surface area contributed by atoms with Crippen molar-refractivity contribution in [3.8, 4) is 5.75 Å². The summed E-state index contributed by atoms with van der Waals surface area (Å²) in [5, 5.41) is 10.3. The van der Waals surface area contributed by atoms with E-state index < -0.39 is 0 Å². The van der Waals surface area contributed by atoms with Crippen molar-refractivity contribution in [3.63, 3.8) is 0 Å². The van der Waals surface area contributed by atoms with Crippen molar-refractivity contribution in [1.82, 2.24) is 0 Å². The number of benzene rings is 2. The fourth-order valence-corrected chi connectivity index (χ4v) is 1.49. The molecule has 0 aliphatic carbocycles. The fourth-order valence-electron chi connectivity index (χ4n) is 1.36. The summed E-state index contributed by atoms with van der Waals surface area (Å²) in [7, 11) is 0. The third-order valence-corrected chi connectivity index (χ3v) is 2.53. The molecule has 2 nitrogen and oxygen atoms in total. The van der Waals surface area contributed by atoms with Crippen LogP contribution in [0.3, 0.4) is 0 Å². The number of fused-ring (bicyclic) bond motifs is 1. The topological polar surface area (TPSA) is 33.4 Å². The van der Waals surface area contributed by atoms with Gasteiger partial charge in [-0.1, -0.05) is 41.9 Å². The standard InChI is InChI=1S/C8H6O.C6H5ClO/c1-2-4-8-7(3-1)5-6-9-8;7-5-3-1-2-4-6(5)8/h1-6H;1-4,8H. The quantitative estimate of drug-likeness (QED) is 0.635. The molecular weight excluding hydrogens is 236 g/mol. The summed E-state index contributed by atoms with van der Waals surface area (Å²) in [6.07, 6.45) is 1.70. The first kappa shape index (κ1) is 11.6. The maximum atomic E-state index is 8.79. The van der Waals surface area contributed by atoms with E-state index in [1.807, 2.05) is 30.3 Å². The van der Waals surface area contributed by atoms with E-state index >= 15 is 0 Å². The Kier molecular flexibility index (Phi) is 3.68. The molecule has 3 aromatic rings. The second kappa shape index (κ2) is 5.41. The lowest BCUT2D eigenvalue weighted by Gasteiger charge is -1.89. The average molecular weight is 247 g/mol. The Morgan fingerprint density at radius 2 is 1.59 bits per heavy atom. The number of hydrogen-bond acceptors (Lipinski definition) is 2. The van der Waals surface area contributed by atoms with Crippen molar-refractivity contribution in [2.75, 3.05) is 0 Å². The molecule has 1 aromatic heterocycles. The number of phenols is 1. The molecule has 1 heterocycles. The molecule has 0 aliphatic heterocycles. The lowest BCUT2D eigenvalue weighted by molar-refractivity contribution is 0.475. The van der Waals surface area contributed by atoms with Crippen molar-refractivity contribution in [1.29, 1.82) is 0 Å². The van der Waals surface area contributed by atoms with Crippen LogP contribution >= 0.6 is 11.6 Å². The van der Waals surface area contributed by atoms with Crippen LogP contribution in [0.25, 0.3) is 11.0 Å². The van der Waals surface area contributed by atoms with E-state index in [0.717, 1.165) is 11.0 Å². The second-order valence-corrected chi connectivity index (χ2v) is 3.82. The Labute approximate surface area is 104 Å². The van der Waals surface area contributed by atoms with E-state index in [4.69, 9.17) is 21.1 Å². The zero-order chi connectivity index (χ0) is 12.1. The fraction of sp³-hybridized carbons (Fsp3) is 0. The lowest BCUT2D eigenvalue weighted by Crippen LogP contribution is -1.62. The summed E-state index contributed by atoms with van der Waals surface area (Å²) in [6.45, 7) is 0. The highest BCUT2D eigenvalue weighted by atomic mass is 35.5. The van der Waals surface area contributed by atoms with Gasteiger partial charge in [0.25, 0.3) is 0 Å². The molecule has 2 aromatic carbocycles. The predicted octanol–water partition coefficient (Wildman–Crippen LogP) is 4.48. The molecule has 0 aliphatic rings. The van der Waals surface area contributed by atoms with E-state index in [-0.39, 0.29) is 5.75 Å². The second-order valence-electron chi connectivity index (χ2n) is 3.41. The van der Waals surface area contributed by atoms with Crippen LogP contribution in [0.2, 0.25) is 5.02 Å². The zero-order valence-corrected chi connectivity index (χ0v) is 9.76. The summed E-state index contributed by atoms with van der Waals surface area (Å²) >= 11 is 5.46. The molecule has 0 saturated heterocycles. The van der Waals surface area contributed by atoms with Crippen LogP contribution in [0.4, 0.5) is 0 Å². The smallest absolute Gasteiger partial charge is 0.134 e. The van der Waals surface area contributed by atoms with Crippen LogP contribution in [0.5, 0.6) is 5.75 Å². The number of aromatic hydroxyl groups is 1. The SMILES string of the molecule is Oc1ccccc1Cl.c1ccc2occc2c1. The molecule has 1 N–H and O–H groups in total. The van der Waals surface area contributed by atoms with Crippen LogP contribution in [0, 0.1) is 0 Å². The third kappa shape index (κ3) is 3.02. The van der Waals surface area contributed by atoms with Crippen LogP contribution in [0.15, 0.2) is 65.3 Å². The van der Waals surface area contributed by atoms with Crippen LogP contribution in [0.1, 0.15) is 0 Å². The van der Waals surface area contributed by atoms with Crippen LogP contribution < -0.4 is 0 Å². The highest BCUT2D eigenvalue weighted by Gasteiger charge is 1.90. The number of halogens is 1. The first-order valence-corrected chi connectivity index (χ1v) is 5.51. The molecule has 86 valence electrons. The molecule has 0 atom stereocenters. The summed E-state index contributed by atoms with van der Waals surface area (Å²) in [5.74, 6) is 0.133. The van der Waals surface area contributed by atoms with Gasteiger partial charge < -0.3 is 9.52 Å². The third-order valence-electron chi connectivity index (χ3n) is 2.21. The van der Waals surface area contributed by atoms with Gasteiger partial charge in [0, 0.05) is 5.39 Å². The summed E-state index contributed by atoms with van der Waals surface area (Å²) in [6, 6.07) is 16.6. The molecule has 3 rings (SSSR count). The molecule has 17 heavy (non-hydrogen) atoms. The molecule has 0 radical (unpaired) electrons. The molecule has 3 heteroatoms. The largest absolute Gasteiger partial charge is 0.506 e. The summed E-state index contributed by atoms with van der Waals surface area (Å²) < 4.78 is 5.12. The molecular formula is C14H11ClO2. The lowest BCUT2D eigenvalue weighted by atomic mass is 10.3. The molecule has 0 amide bonds. The summed E-state index contributed by atoms with van der Waals surface area (Å²) in [5.41, 5.74) is 0.956. The van der Waals surface area contributed by atoms with E-state index in [9.17, 15) is 0 Å². The monoisotopic (exact) mass is 246 g/mol. The first-order chi connectivity index (χ1) is 8.27. The van der Waals surface area contributed by atoms with E-state index in [1.165, 1.54) is 0 Å². The molecule has 0 unspecified atom stereocenters. The van der Waals surface area contributed by atoms with Gasteiger partial charge >= 0.3 is 0 Å². The van der Waals surface area contributed by atoms with E-state index in [1.54, 1.807) is 30.5 Å². The number of rotatable bonds is 0. The van der Waals surface area contributed by atoms with Crippen molar-refractivity contribution in [2.24, 2.45) is 0 Å². The minimum atomic E-state index is 0.133. The number of furan rings is 1. The normalized spacial score (nSPS) is 9.71. The van der Waals surface area contributed by atoms with Gasteiger partial charge in [-0.25, -0.2) is 0 Å². The molecule has 0 spiro atoms. The Balaban J connectivity index is 0.000000128. The van der Waals surface area contributed by atoms with Gasteiger partial charge in [0.05, 0.1) is 11.3 Å². The highest BCUT2D eigenvalue weighted by Crippen LogP contribution is 2.20. The first-order valence-electron chi connectivity index (χ1n) is 5.13. The maximum Gasteiger partial charge on any atom is 0.134 e. The van der Waals surface area contributed by atoms with Crippen molar-refractivity contribution >= 4 is 22.6 Å². The number of phenolic OH excluding ortho intramolecular Hbond substituents is 1. The van der Waals surface area contributed by atoms with E-state index in [2.05, 4.69) is 0 Å². The molecule has 0 saturated carbocycles. The zero-order valence-electron chi connectivity index (χ0n) is 9.01. The predicted molar refractivity (Wildman–Crippen MR) is 69.3 cm³/mol. The van der Waals surface area contributed by atoms with Gasteiger partial charge in [-0.15, -0.1) is 0 Å². The Hall–Kier alpha value is -1.93. The van der Waals surface area contributed by atoms with Gasteiger partial charge in [0.1, 0.15) is 11.3 Å². The van der Waals surface area contributed by atoms with Crippen molar-refractivity contribution in [2.45, 2.75) is 0 Å². The van der Waals surface area contributed by atoms with Crippen molar-refractivity contribution < 1.29 is 9.52 Å². The van der Waals surface area contributed by atoms with Gasteiger partial charge in [0.15, 0.2) is 0 Å². The molecule has 0 bridgehead atoms. The number of hydrogen-bond donors (Lipinski definition) is 1. The van der Waals surface area contributed by atoms with Crippen LogP contribution in [-0.2, 0) is 0 Å². The minimum absolute atomic E-state index is 0.133. The average Bonchev–Trinajstić information content (AvgIpc) is 2.82. The van der Waals surface area contributed by atoms with Gasteiger partial charge in [0.2, 0.25) is 0 Å². The van der Waals surface area contributed by atoms with Gasteiger partial charge in [-0.3, -0.25) is 0 Å². The highest BCUT2D eigenvalue weighted by molar-refractivity contribution is 6.31. The summed E-state index contributed by atoms with van der Waals surface area (Å²) in [4.78, 5) is 0. The minimum Gasteiger partial charge on any atom is -0.506 e.